The summed E-state index contributed by atoms with van der Waals surface area (Å²) in [6.45, 7) is 5.97. The normalized spacial score (nSPS) is 15.0. The highest BCUT2D eigenvalue weighted by Crippen LogP contribution is 2.36. The number of benzene rings is 1. The molecule has 1 saturated carbocycles. The van der Waals surface area contributed by atoms with Gasteiger partial charge in [-0.25, -0.2) is 0 Å². The van der Waals surface area contributed by atoms with E-state index in [1.165, 1.54) is 0 Å². The number of carbonyl (C=O) groups excluding carboxylic acids is 2. The van der Waals surface area contributed by atoms with Gasteiger partial charge in [-0.2, -0.15) is 0 Å². The lowest BCUT2D eigenvalue weighted by Gasteiger charge is -2.34. The summed E-state index contributed by atoms with van der Waals surface area (Å²) in [6.07, 6.45) is 2.53. The minimum absolute atomic E-state index is 0.0248. The summed E-state index contributed by atoms with van der Waals surface area (Å²) in [6, 6.07) is 6.57. The summed E-state index contributed by atoms with van der Waals surface area (Å²) >= 11 is 1.13. The van der Waals surface area contributed by atoms with Crippen LogP contribution >= 0.6 is 11.5 Å². The Morgan fingerprint density at radius 3 is 2.50 bits per heavy atom. The molecular formula is C20H26N4O3S. The number of methoxy groups -OCH3 is 1. The number of amides is 2. The molecule has 7 nitrogen and oxygen atoms in total. The Morgan fingerprint density at radius 2 is 2.00 bits per heavy atom. The van der Waals surface area contributed by atoms with Crippen molar-refractivity contribution in [1.82, 2.24) is 19.8 Å². The van der Waals surface area contributed by atoms with Crippen molar-refractivity contribution in [2.75, 3.05) is 7.11 Å². The van der Waals surface area contributed by atoms with Crippen molar-refractivity contribution in [3.63, 3.8) is 0 Å². The Bertz CT molecular complexity index is 816. The van der Waals surface area contributed by atoms with Crippen LogP contribution < -0.4 is 10.1 Å². The zero-order valence-corrected chi connectivity index (χ0v) is 17.5. The van der Waals surface area contributed by atoms with E-state index in [0.717, 1.165) is 36.4 Å². The van der Waals surface area contributed by atoms with Crippen molar-refractivity contribution in [2.24, 2.45) is 0 Å². The van der Waals surface area contributed by atoms with Crippen LogP contribution in [0.25, 0.3) is 0 Å². The second kappa shape index (κ2) is 8.26. The van der Waals surface area contributed by atoms with E-state index in [2.05, 4.69) is 14.9 Å². The van der Waals surface area contributed by atoms with Crippen molar-refractivity contribution in [3.05, 3.63) is 40.9 Å². The summed E-state index contributed by atoms with van der Waals surface area (Å²) in [7, 11) is 1.60. The highest BCUT2D eigenvalue weighted by Gasteiger charge is 2.43. The van der Waals surface area contributed by atoms with Gasteiger partial charge in [0.1, 0.15) is 11.8 Å². The standard InChI is InChI=1S/C20H26N4O3S/c1-5-20(2,3)21-18(25)17(13-6-10-15(27-4)11-7-13)24(14-8-9-14)19(26)16-12-28-23-22-16/h6-7,10-12,14,17H,5,8-9H2,1-4H3,(H,21,25). The van der Waals surface area contributed by atoms with Crippen LogP contribution in [-0.4, -0.2) is 45.0 Å². The second-order valence-corrected chi connectivity index (χ2v) is 8.25. The highest BCUT2D eigenvalue weighted by atomic mass is 32.1. The summed E-state index contributed by atoms with van der Waals surface area (Å²) < 4.78 is 9.04. The maximum Gasteiger partial charge on any atom is 0.276 e. The van der Waals surface area contributed by atoms with Crippen molar-refractivity contribution >= 4 is 23.3 Å². The van der Waals surface area contributed by atoms with Crippen molar-refractivity contribution < 1.29 is 14.3 Å². The first-order valence-corrected chi connectivity index (χ1v) is 10.3. The number of hydrogen-bond donors (Lipinski definition) is 1. The van der Waals surface area contributed by atoms with Gasteiger partial charge in [0.05, 0.1) is 7.11 Å². The summed E-state index contributed by atoms with van der Waals surface area (Å²) in [5, 5.41) is 8.65. The predicted octanol–water partition coefficient (Wildman–Crippen LogP) is 3.20. The molecule has 1 fully saturated rings. The Morgan fingerprint density at radius 1 is 1.32 bits per heavy atom. The van der Waals surface area contributed by atoms with Crippen molar-refractivity contribution in [3.8, 4) is 5.75 Å². The SMILES string of the molecule is CCC(C)(C)NC(=O)C(c1ccc(OC)cc1)N(C(=O)c1csnn1)C1CC1. The lowest BCUT2D eigenvalue weighted by atomic mass is 9.98. The van der Waals surface area contributed by atoms with Gasteiger partial charge in [0.25, 0.3) is 5.91 Å². The number of ether oxygens (including phenoxy) is 1. The minimum atomic E-state index is -0.738. The number of aromatic nitrogens is 2. The molecule has 2 aromatic rings. The molecule has 150 valence electrons. The third kappa shape index (κ3) is 4.49. The van der Waals surface area contributed by atoms with Gasteiger partial charge in [0.15, 0.2) is 5.69 Å². The average Bonchev–Trinajstić information content (AvgIpc) is 3.37. The van der Waals surface area contributed by atoms with Crippen LogP contribution in [0.15, 0.2) is 29.6 Å². The molecule has 8 heteroatoms. The third-order valence-corrected chi connectivity index (χ3v) is 5.56. The quantitative estimate of drug-likeness (QED) is 0.733. The molecule has 0 radical (unpaired) electrons. The van der Waals surface area contributed by atoms with Gasteiger partial charge in [0.2, 0.25) is 5.91 Å². The van der Waals surface area contributed by atoms with Gasteiger partial charge < -0.3 is 15.0 Å². The smallest absolute Gasteiger partial charge is 0.276 e. The fourth-order valence-corrected chi connectivity index (χ4v) is 3.38. The first kappa shape index (κ1) is 20.3. The third-order valence-electron chi connectivity index (χ3n) is 5.06. The van der Waals surface area contributed by atoms with Gasteiger partial charge >= 0.3 is 0 Å². The molecule has 1 atom stereocenters. The van der Waals surface area contributed by atoms with Crippen LogP contribution in [0.3, 0.4) is 0 Å². The van der Waals surface area contributed by atoms with E-state index in [0.29, 0.717) is 5.75 Å². The van der Waals surface area contributed by atoms with E-state index in [1.54, 1.807) is 29.5 Å². The van der Waals surface area contributed by atoms with Gasteiger partial charge in [-0.15, -0.1) is 5.10 Å². The lowest BCUT2D eigenvalue weighted by molar-refractivity contribution is -0.127. The molecule has 1 N–H and O–H groups in total. The van der Waals surface area contributed by atoms with Crippen LogP contribution in [0.5, 0.6) is 5.75 Å². The van der Waals surface area contributed by atoms with E-state index in [4.69, 9.17) is 4.74 Å². The first-order chi connectivity index (χ1) is 13.4. The predicted molar refractivity (Wildman–Crippen MR) is 107 cm³/mol. The van der Waals surface area contributed by atoms with Crippen molar-refractivity contribution in [2.45, 2.75) is 57.7 Å². The molecule has 2 amide bonds. The second-order valence-electron chi connectivity index (χ2n) is 7.64. The monoisotopic (exact) mass is 402 g/mol. The Balaban J connectivity index is 2.00. The average molecular weight is 403 g/mol. The maximum absolute atomic E-state index is 13.4. The summed E-state index contributed by atoms with van der Waals surface area (Å²) in [5.74, 6) is 0.242. The Hall–Kier alpha value is -2.48. The first-order valence-electron chi connectivity index (χ1n) is 9.42. The molecule has 1 aromatic carbocycles. The molecule has 0 spiro atoms. The molecule has 3 rings (SSSR count). The number of rotatable bonds is 8. The maximum atomic E-state index is 13.4. The summed E-state index contributed by atoms with van der Waals surface area (Å²) in [5.41, 5.74) is 0.647. The minimum Gasteiger partial charge on any atom is -0.497 e. The molecule has 1 aromatic heterocycles. The molecule has 1 aliphatic rings. The molecule has 1 aliphatic carbocycles. The van der Waals surface area contributed by atoms with Gasteiger partial charge in [-0.1, -0.05) is 23.5 Å². The van der Waals surface area contributed by atoms with E-state index in [9.17, 15) is 9.59 Å². The molecule has 1 heterocycles. The molecular weight excluding hydrogens is 376 g/mol. The van der Waals surface area contributed by atoms with Crippen LogP contribution in [0.2, 0.25) is 0 Å². The van der Waals surface area contributed by atoms with Gasteiger partial charge in [-0.05, 0) is 62.3 Å². The van der Waals surface area contributed by atoms with Crippen LogP contribution in [0.4, 0.5) is 0 Å². The molecule has 0 saturated heterocycles. The zero-order valence-electron chi connectivity index (χ0n) is 16.6. The Kier molecular flexibility index (Phi) is 5.98. The van der Waals surface area contributed by atoms with Crippen molar-refractivity contribution in [1.29, 1.82) is 0 Å². The fraction of sp³-hybridized carbons (Fsp3) is 0.500. The molecule has 0 bridgehead atoms. The topological polar surface area (TPSA) is 84.4 Å². The van der Waals surface area contributed by atoms with E-state index in [1.807, 2.05) is 32.9 Å². The molecule has 0 aliphatic heterocycles. The van der Waals surface area contributed by atoms with Crippen LogP contribution in [0.1, 0.15) is 62.1 Å². The van der Waals surface area contributed by atoms with E-state index in [-0.39, 0.29) is 29.1 Å². The molecule has 1 unspecified atom stereocenters. The Labute approximate surface area is 169 Å². The van der Waals surface area contributed by atoms with Crippen LogP contribution in [-0.2, 0) is 4.79 Å². The fourth-order valence-electron chi connectivity index (χ4n) is 2.95. The number of carbonyl (C=O) groups is 2. The van der Waals surface area contributed by atoms with Gasteiger partial charge in [0, 0.05) is 17.0 Å². The van der Waals surface area contributed by atoms with Gasteiger partial charge in [-0.3, -0.25) is 9.59 Å². The highest BCUT2D eigenvalue weighted by molar-refractivity contribution is 7.03. The van der Waals surface area contributed by atoms with E-state index >= 15 is 0 Å². The lowest BCUT2D eigenvalue weighted by Crippen LogP contribution is -2.51. The number of nitrogens with one attached hydrogen (secondary N) is 1. The summed E-state index contributed by atoms with van der Waals surface area (Å²) in [4.78, 5) is 28.2. The number of hydrogen-bond acceptors (Lipinski definition) is 6. The number of nitrogens with zero attached hydrogens (tertiary/aromatic N) is 3. The largest absolute Gasteiger partial charge is 0.497 e. The molecule has 28 heavy (non-hydrogen) atoms. The van der Waals surface area contributed by atoms with E-state index < -0.39 is 6.04 Å². The zero-order chi connectivity index (χ0) is 20.3. The van der Waals surface area contributed by atoms with Crippen LogP contribution in [0, 0.1) is 0 Å².